The predicted molar refractivity (Wildman–Crippen MR) is 49.5 cm³/mol. The summed E-state index contributed by atoms with van der Waals surface area (Å²) in [6.45, 7) is 0. The van der Waals surface area contributed by atoms with Crippen LogP contribution in [0.1, 0.15) is 5.56 Å². The van der Waals surface area contributed by atoms with Crippen LogP contribution >= 0.6 is 11.6 Å². The van der Waals surface area contributed by atoms with Gasteiger partial charge in [0.15, 0.2) is 10.9 Å². The molecule has 5 heteroatoms. The second-order valence-corrected chi connectivity index (χ2v) is 2.88. The molecule has 0 aliphatic heterocycles. The van der Waals surface area contributed by atoms with Crippen LogP contribution in [0.4, 0.5) is 0 Å². The van der Waals surface area contributed by atoms with Crippen LogP contribution < -0.4 is 0 Å². The van der Waals surface area contributed by atoms with Gasteiger partial charge in [0, 0.05) is 0 Å². The van der Waals surface area contributed by atoms with Gasteiger partial charge in [-0.15, -0.1) is 10.2 Å². The maximum atomic E-state index is 8.71. The summed E-state index contributed by atoms with van der Waals surface area (Å²) in [4.78, 5) is 0. The van der Waals surface area contributed by atoms with Crippen molar-refractivity contribution in [3.05, 3.63) is 35.2 Å². The van der Waals surface area contributed by atoms with E-state index in [4.69, 9.17) is 21.3 Å². The molecule has 0 atom stereocenters. The number of aromatic nitrogens is 2. The van der Waals surface area contributed by atoms with Crippen molar-refractivity contribution in [2.75, 3.05) is 0 Å². The molecule has 2 aromatic heterocycles. The van der Waals surface area contributed by atoms with Crippen LogP contribution in [0, 0.1) is 11.3 Å². The molecule has 68 valence electrons. The second kappa shape index (κ2) is 3.48. The molecule has 0 amide bonds. The lowest BCUT2D eigenvalue weighted by molar-refractivity contribution is 0.579. The van der Waals surface area contributed by atoms with Gasteiger partial charge in [0.25, 0.3) is 0 Å². The van der Waals surface area contributed by atoms with Crippen LogP contribution in [-0.4, -0.2) is 10.2 Å². The maximum absolute atomic E-state index is 8.71. The number of halogens is 1. The maximum Gasteiger partial charge on any atom is 0.169 e. The molecule has 0 N–H and O–H groups in total. The fourth-order valence-corrected chi connectivity index (χ4v) is 1.13. The molecule has 0 fully saturated rings. The first-order valence-electron chi connectivity index (χ1n) is 3.78. The zero-order chi connectivity index (χ0) is 9.97. The molecule has 0 saturated heterocycles. The van der Waals surface area contributed by atoms with Crippen molar-refractivity contribution >= 4 is 11.6 Å². The van der Waals surface area contributed by atoms with E-state index < -0.39 is 0 Å². The predicted octanol–water partition coefficient (Wildman–Crippen LogP) is 2.26. The molecular formula is C9H4ClN3O. The minimum Gasteiger partial charge on any atom is -0.463 e. The van der Waals surface area contributed by atoms with Crippen molar-refractivity contribution in [2.45, 2.75) is 0 Å². The molecule has 0 radical (unpaired) electrons. The van der Waals surface area contributed by atoms with Gasteiger partial charge < -0.3 is 4.42 Å². The molecule has 2 rings (SSSR count). The highest BCUT2D eigenvalue weighted by molar-refractivity contribution is 6.30. The van der Waals surface area contributed by atoms with E-state index in [0.717, 1.165) is 0 Å². The van der Waals surface area contributed by atoms with E-state index in [-0.39, 0.29) is 10.7 Å². The number of hydrogen-bond acceptors (Lipinski definition) is 4. The average molecular weight is 206 g/mol. The summed E-state index contributed by atoms with van der Waals surface area (Å²) in [5, 5.41) is 16.2. The third-order valence-corrected chi connectivity index (χ3v) is 1.92. The van der Waals surface area contributed by atoms with Gasteiger partial charge in [0.2, 0.25) is 0 Å². The molecule has 0 aliphatic rings. The van der Waals surface area contributed by atoms with Gasteiger partial charge in [-0.25, -0.2) is 0 Å². The Morgan fingerprint density at radius 3 is 2.93 bits per heavy atom. The standard InChI is InChI=1S/C9H4ClN3O/c10-9-6(5-11)4-7(12-13-9)8-2-1-3-14-8/h1-4H. The van der Waals surface area contributed by atoms with Crippen LogP contribution in [0.2, 0.25) is 5.15 Å². The van der Waals surface area contributed by atoms with Crippen LogP contribution in [0.15, 0.2) is 28.9 Å². The quantitative estimate of drug-likeness (QED) is 0.717. The SMILES string of the molecule is N#Cc1cc(-c2ccco2)nnc1Cl. The Kier molecular flexibility index (Phi) is 2.17. The van der Waals surface area contributed by atoms with Crippen molar-refractivity contribution in [3.63, 3.8) is 0 Å². The topological polar surface area (TPSA) is 62.7 Å². The zero-order valence-corrected chi connectivity index (χ0v) is 7.69. The molecule has 0 unspecified atom stereocenters. The minimum atomic E-state index is 0.0998. The highest BCUT2D eigenvalue weighted by Crippen LogP contribution is 2.20. The van der Waals surface area contributed by atoms with Crippen molar-refractivity contribution in [1.29, 1.82) is 5.26 Å². The van der Waals surface area contributed by atoms with Gasteiger partial charge in [0.1, 0.15) is 11.8 Å². The number of furan rings is 1. The molecule has 0 aliphatic carbocycles. The summed E-state index contributed by atoms with van der Waals surface area (Å²) in [5.74, 6) is 0.561. The van der Waals surface area contributed by atoms with Crippen molar-refractivity contribution in [3.8, 4) is 17.5 Å². The molecule has 0 bridgehead atoms. The first-order valence-corrected chi connectivity index (χ1v) is 4.16. The smallest absolute Gasteiger partial charge is 0.169 e. The van der Waals surface area contributed by atoms with Crippen LogP contribution in [0.5, 0.6) is 0 Å². The summed E-state index contributed by atoms with van der Waals surface area (Å²) >= 11 is 5.63. The summed E-state index contributed by atoms with van der Waals surface area (Å²) in [7, 11) is 0. The lowest BCUT2D eigenvalue weighted by atomic mass is 10.2. The van der Waals surface area contributed by atoms with E-state index >= 15 is 0 Å². The summed E-state index contributed by atoms with van der Waals surface area (Å²) < 4.78 is 5.10. The molecule has 2 heterocycles. The number of nitrogens with zero attached hydrogens (tertiary/aromatic N) is 3. The Morgan fingerprint density at radius 1 is 1.43 bits per heavy atom. The van der Waals surface area contributed by atoms with Crippen LogP contribution in [-0.2, 0) is 0 Å². The van der Waals surface area contributed by atoms with E-state index in [1.165, 1.54) is 12.3 Å². The Hall–Kier alpha value is -1.86. The minimum absolute atomic E-state index is 0.0998. The molecular weight excluding hydrogens is 202 g/mol. The van der Waals surface area contributed by atoms with Crippen LogP contribution in [0.3, 0.4) is 0 Å². The first-order chi connectivity index (χ1) is 6.81. The van der Waals surface area contributed by atoms with E-state index in [1.54, 1.807) is 12.1 Å². The van der Waals surface area contributed by atoms with Crippen molar-refractivity contribution < 1.29 is 4.42 Å². The summed E-state index contributed by atoms with van der Waals surface area (Å²) in [5.41, 5.74) is 0.781. The number of hydrogen-bond donors (Lipinski definition) is 0. The third-order valence-electron chi connectivity index (χ3n) is 1.64. The summed E-state index contributed by atoms with van der Waals surface area (Å²) in [6, 6.07) is 6.93. The van der Waals surface area contributed by atoms with Crippen molar-refractivity contribution in [1.82, 2.24) is 10.2 Å². The number of nitriles is 1. The summed E-state index contributed by atoms with van der Waals surface area (Å²) in [6.07, 6.45) is 1.53. The Morgan fingerprint density at radius 2 is 2.29 bits per heavy atom. The first kappa shape index (κ1) is 8.73. The normalized spacial score (nSPS) is 9.71. The van der Waals surface area contributed by atoms with E-state index in [1.807, 2.05) is 6.07 Å². The second-order valence-electron chi connectivity index (χ2n) is 2.52. The molecule has 0 aromatic carbocycles. The fraction of sp³-hybridized carbons (Fsp3) is 0. The van der Waals surface area contributed by atoms with Gasteiger partial charge in [0.05, 0.1) is 11.8 Å². The van der Waals surface area contributed by atoms with E-state index in [0.29, 0.717) is 11.5 Å². The number of rotatable bonds is 1. The lowest BCUT2D eigenvalue weighted by Crippen LogP contribution is -1.90. The largest absolute Gasteiger partial charge is 0.463 e. The van der Waals surface area contributed by atoms with Crippen LogP contribution in [0.25, 0.3) is 11.5 Å². The molecule has 14 heavy (non-hydrogen) atoms. The van der Waals surface area contributed by atoms with Gasteiger partial charge in [-0.1, -0.05) is 11.6 Å². The van der Waals surface area contributed by atoms with Crippen molar-refractivity contribution in [2.24, 2.45) is 0 Å². The Bertz CT molecular complexity index is 487. The monoisotopic (exact) mass is 205 g/mol. The van der Waals surface area contributed by atoms with Gasteiger partial charge in [-0.3, -0.25) is 0 Å². The van der Waals surface area contributed by atoms with E-state index in [9.17, 15) is 0 Å². The molecule has 2 aromatic rings. The molecule has 4 nitrogen and oxygen atoms in total. The Balaban J connectivity index is 2.53. The van der Waals surface area contributed by atoms with Gasteiger partial charge in [-0.05, 0) is 18.2 Å². The van der Waals surface area contributed by atoms with E-state index in [2.05, 4.69) is 10.2 Å². The zero-order valence-electron chi connectivity index (χ0n) is 6.94. The molecule has 0 saturated carbocycles. The lowest BCUT2D eigenvalue weighted by Gasteiger charge is -1.96. The molecule has 0 spiro atoms. The van der Waals surface area contributed by atoms with Gasteiger partial charge >= 0.3 is 0 Å². The third kappa shape index (κ3) is 1.45. The highest BCUT2D eigenvalue weighted by Gasteiger charge is 2.07. The van der Waals surface area contributed by atoms with Gasteiger partial charge in [-0.2, -0.15) is 5.26 Å². The Labute approximate surface area is 84.8 Å². The fourth-order valence-electron chi connectivity index (χ4n) is 1.000. The highest BCUT2D eigenvalue weighted by atomic mass is 35.5. The average Bonchev–Trinajstić information content (AvgIpc) is 2.71.